The van der Waals surface area contributed by atoms with Gasteiger partial charge in [-0.05, 0) is 29.8 Å². The van der Waals surface area contributed by atoms with E-state index in [4.69, 9.17) is 39.5 Å². The van der Waals surface area contributed by atoms with Crippen molar-refractivity contribution in [1.29, 1.82) is 0 Å². The summed E-state index contributed by atoms with van der Waals surface area (Å²) >= 11 is 17.7. The van der Waals surface area contributed by atoms with E-state index in [1.807, 2.05) is 0 Å². The molecule has 0 fully saturated rings. The molecule has 0 amide bonds. The van der Waals surface area contributed by atoms with Crippen molar-refractivity contribution in [2.75, 3.05) is 6.26 Å². The summed E-state index contributed by atoms with van der Waals surface area (Å²) < 4.78 is 27.6. The first-order valence-electron chi connectivity index (χ1n) is 6.29. The zero-order valence-corrected chi connectivity index (χ0v) is 14.9. The van der Waals surface area contributed by atoms with Crippen LogP contribution < -0.4 is 4.74 Å². The SMILES string of the molecule is CS(=O)(=O)Cc1ccc(C(=O)Oc2c(Cl)cc(Cl)cc2Cl)cc1. The van der Waals surface area contributed by atoms with Crippen LogP contribution in [0.1, 0.15) is 15.9 Å². The van der Waals surface area contributed by atoms with Crippen molar-refractivity contribution in [3.05, 3.63) is 62.6 Å². The molecule has 0 aliphatic heterocycles. The van der Waals surface area contributed by atoms with Crippen LogP contribution in [0.4, 0.5) is 0 Å². The molecule has 4 nitrogen and oxygen atoms in total. The third-order valence-electron chi connectivity index (χ3n) is 2.78. The lowest BCUT2D eigenvalue weighted by Crippen LogP contribution is -2.09. The van der Waals surface area contributed by atoms with E-state index in [0.29, 0.717) is 10.6 Å². The average molecular weight is 394 g/mol. The molecule has 0 saturated heterocycles. The molecule has 0 saturated carbocycles. The fourth-order valence-corrected chi connectivity index (χ4v) is 3.51. The van der Waals surface area contributed by atoms with Crippen LogP contribution in [0.25, 0.3) is 0 Å². The predicted molar refractivity (Wildman–Crippen MR) is 91.4 cm³/mol. The molecule has 23 heavy (non-hydrogen) atoms. The second-order valence-corrected chi connectivity index (χ2v) is 8.25. The fraction of sp³-hybridized carbons (Fsp3) is 0.133. The number of benzene rings is 2. The Bertz CT molecular complexity index is 823. The molecule has 0 atom stereocenters. The van der Waals surface area contributed by atoms with Crippen LogP contribution in [0, 0.1) is 0 Å². The first-order valence-corrected chi connectivity index (χ1v) is 9.48. The molecule has 0 bridgehead atoms. The van der Waals surface area contributed by atoms with E-state index in [9.17, 15) is 13.2 Å². The maximum atomic E-state index is 12.1. The second-order valence-electron chi connectivity index (χ2n) is 4.86. The molecule has 122 valence electrons. The Kier molecular flexibility index (Phi) is 5.57. The van der Waals surface area contributed by atoms with E-state index < -0.39 is 15.8 Å². The lowest BCUT2D eigenvalue weighted by Gasteiger charge is -2.09. The largest absolute Gasteiger partial charge is 0.420 e. The van der Waals surface area contributed by atoms with Crippen molar-refractivity contribution in [2.45, 2.75) is 5.75 Å². The van der Waals surface area contributed by atoms with Crippen LogP contribution in [0.2, 0.25) is 15.1 Å². The van der Waals surface area contributed by atoms with E-state index in [-0.39, 0.29) is 27.1 Å². The van der Waals surface area contributed by atoms with Gasteiger partial charge >= 0.3 is 5.97 Å². The molecule has 0 spiro atoms. The van der Waals surface area contributed by atoms with E-state index in [1.54, 1.807) is 12.1 Å². The maximum Gasteiger partial charge on any atom is 0.343 e. The van der Waals surface area contributed by atoms with Gasteiger partial charge in [0.1, 0.15) is 0 Å². The number of hydrogen-bond acceptors (Lipinski definition) is 4. The molecule has 0 aliphatic rings. The van der Waals surface area contributed by atoms with Gasteiger partial charge in [-0.1, -0.05) is 46.9 Å². The summed E-state index contributed by atoms with van der Waals surface area (Å²) in [4.78, 5) is 12.1. The minimum Gasteiger partial charge on any atom is -0.420 e. The first-order chi connectivity index (χ1) is 10.7. The number of ether oxygens (including phenoxy) is 1. The number of hydrogen-bond donors (Lipinski definition) is 0. The predicted octanol–water partition coefficient (Wildman–Crippen LogP) is 4.41. The van der Waals surface area contributed by atoms with Gasteiger partial charge in [0.15, 0.2) is 15.6 Å². The highest BCUT2D eigenvalue weighted by Crippen LogP contribution is 2.36. The minimum atomic E-state index is -3.14. The van der Waals surface area contributed by atoms with E-state index in [1.165, 1.54) is 24.3 Å². The van der Waals surface area contributed by atoms with Crippen LogP contribution in [-0.2, 0) is 15.6 Å². The normalized spacial score (nSPS) is 11.3. The van der Waals surface area contributed by atoms with Gasteiger partial charge in [0, 0.05) is 11.3 Å². The van der Waals surface area contributed by atoms with Crippen LogP contribution in [0.3, 0.4) is 0 Å². The smallest absolute Gasteiger partial charge is 0.343 e. The zero-order valence-electron chi connectivity index (χ0n) is 11.8. The highest BCUT2D eigenvalue weighted by Gasteiger charge is 2.15. The summed E-state index contributed by atoms with van der Waals surface area (Å²) in [7, 11) is -3.14. The summed E-state index contributed by atoms with van der Waals surface area (Å²) in [5, 5.41) is 0.555. The quantitative estimate of drug-likeness (QED) is 0.570. The topological polar surface area (TPSA) is 60.4 Å². The lowest BCUT2D eigenvalue weighted by atomic mass is 10.1. The molecule has 0 aliphatic carbocycles. The molecular formula is C15H11Cl3O4S. The standard InChI is InChI=1S/C15H11Cl3O4S/c1-23(20,21)8-9-2-4-10(5-3-9)15(19)22-14-12(17)6-11(16)7-13(14)18/h2-7H,8H2,1H3. The van der Waals surface area contributed by atoms with E-state index >= 15 is 0 Å². The van der Waals surface area contributed by atoms with Crippen LogP contribution >= 0.6 is 34.8 Å². The molecule has 0 N–H and O–H groups in total. The molecule has 0 radical (unpaired) electrons. The summed E-state index contributed by atoms with van der Waals surface area (Å²) in [5.41, 5.74) is 0.816. The third-order valence-corrected chi connectivity index (χ3v) is 4.41. The average Bonchev–Trinajstić information content (AvgIpc) is 2.41. The Labute approximate surface area is 148 Å². The Hall–Kier alpha value is -1.27. The van der Waals surface area contributed by atoms with Crippen molar-refractivity contribution >= 4 is 50.6 Å². The van der Waals surface area contributed by atoms with E-state index in [0.717, 1.165) is 6.26 Å². The van der Waals surface area contributed by atoms with Gasteiger partial charge in [-0.15, -0.1) is 0 Å². The Morgan fingerprint density at radius 3 is 2.04 bits per heavy atom. The lowest BCUT2D eigenvalue weighted by molar-refractivity contribution is 0.0735. The monoisotopic (exact) mass is 392 g/mol. The fourth-order valence-electron chi connectivity index (χ4n) is 1.82. The first kappa shape index (κ1) is 18.1. The number of rotatable bonds is 4. The zero-order chi connectivity index (χ0) is 17.2. The maximum absolute atomic E-state index is 12.1. The van der Waals surface area contributed by atoms with Gasteiger partial charge in [-0.3, -0.25) is 0 Å². The summed E-state index contributed by atoms with van der Waals surface area (Å²) in [5.74, 6) is -0.748. The van der Waals surface area contributed by atoms with Gasteiger partial charge < -0.3 is 4.74 Å². The minimum absolute atomic E-state index is 0.0166. The van der Waals surface area contributed by atoms with Crippen molar-refractivity contribution in [2.24, 2.45) is 0 Å². The number of carbonyl (C=O) groups excluding carboxylic acids is 1. The Balaban J connectivity index is 2.19. The van der Waals surface area contributed by atoms with Crippen molar-refractivity contribution < 1.29 is 17.9 Å². The number of esters is 1. The number of halogens is 3. The van der Waals surface area contributed by atoms with Crippen molar-refractivity contribution in [1.82, 2.24) is 0 Å². The van der Waals surface area contributed by atoms with Gasteiger partial charge in [0.2, 0.25) is 0 Å². The Morgan fingerprint density at radius 1 is 1.04 bits per heavy atom. The molecule has 0 unspecified atom stereocenters. The number of carbonyl (C=O) groups is 1. The molecule has 2 aromatic rings. The molecular weight excluding hydrogens is 383 g/mol. The van der Waals surface area contributed by atoms with Gasteiger partial charge in [0.25, 0.3) is 0 Å². The highest BCUT2D eigenvalue weighted by molar-refractivity contribution is 7.89. The van der Waals surface area contributed by atoms with Crippen molar-refractivity contribution in [3.63, 3.8) is 0 Å². The Morgan fingerprint density at radius 2 is 1.57 bits per heavy atom. The van der Waals surface area contributed by atoms with Crippen molar-refractivity contribution in [3.8, 4) is 5.75 Å². The summed E-state index contributed by atoms with van der Waals surface area (Å²) in [6.45, 7) is 0. The summed E-state index contributed by atoms with van der Waals surface area (Å²) in [6, 6.07) is 8.85. The molecule has 2 rings (SSSR count). The molecule has 2 aromatic carbocycles. The van der Waals surface area contributed by atoms with Gasteiger partial charge in [0.05, 0.1) is 21.4 Å². The third kappa shape index (κ3) is 5.11. The highest BCUT2D eigenvalue weighted by atomic mass is 35.5. The molecule has 0 aromatic heterocycles. The van der Waals surface area contributed by atoms with Crippen LogP contribution in [0.5, 0.6) is 5.75 Å². The summed E-state index contributed by atoms with van der Waals surface area (Å²) in [6.07, 6.45) is 1.14. The second kappa shape index (κ2) is 7.09. The van der Waals surface area contributed by atoms with Gasteiger partial charge in [-0.2, -0.15) is 0 Å². The van der Waals surface area contributed by atoms with Crippen LogP contribution in [-0.4, -0.2) is 20.6 Å². The molecule has 8 heteroatoms. The van der Waals surface area contributed by atoms with Crippen LogP contribution in [0.15, 0.2) is 36.4 Å². The molecule has 0 heterocycles. The van der Waals surface area contributed by atoms with E-state index in [2.05, 4.69) is 0 Å². The number of sulfone groups is 1. The van der Waals surface area contributed by atoms with Gasteiger partial charge in [-0.25, -0.2) is 13.2 Å².